The molecule has 0 fully saturated rings. The Morgan fingerprint density at radius 3 is 2.07 bits per heavy atom. The fourth-order valence-corrected chi connectivity index (χ4v) is 3.29. The predicted molar refractivity (Wildman–Crippen MR) is 110 cm³/mol. The zero-order valence-corrected chi connectivity index (χ0v) is 15.7. The minimum atomic E-state index is -0.330. The molecule has 0 saturated carbocycles. The maximum atomic E-state index is 13.3. The molecule has 1 heterocycles. The van der Waals surface area contributed by atoms with Crippen molar-refractivity contribution in [3.8, 4) is 5.75 Å². The Bertz CT molecular complexity index is 1080. The average molecular weight is 369 g/mol. The maximum absolute atomic E-state index is 13.3. The van der Waals surface area contributed by atoms with Gasteiger partial charge in [0.2, 0.25) is 0 Å². The van der Waals surface area contributed by atoms with E-state index in [0.29, 0.717) is 22.4 Å². The summed E-state index contributed by atoms with van der Waals surface area (Å²) in [5, 5.41) is 0. The molecule has 138 valence electrons. The number of fused-ring (bicyclic) bond motifs is 1. The van der Waals surface area contributed by atoms with Crippen molar-refractivity contribution in [2.75, 3.05) is 12.0 Å². The Morgan fingerprint density at radius 1 is 0.786 bits per heavy atom. The highest BCUT2D eigenvalue weighted by molar-refractivity contribution is 6.43. The van der Waals surface area contributed by atoms with E-state index >= 15 is 0 Å². The molecular formula is C24H19NO3. The number of rotatable bonds is 3. The molecule has 1 aliphatic rings. The van der Waals surface area contributed by atoms with Crippen LogP contribution in [0.5, 0.6) is 5.75 Å². The lowest BCUT2D eigenvalue weighted by Crippen LogP contribution is -2.41. The molecule has 1 aliphatic heterocycles. The number of aryl methyl sites for hydroxylation is 1. The molecule has 3 aromatic rings. The normalized spacial score (nSPS) is 14.9. The quantitative estimate of drug-likeness (QED) is 0.495. The summed E-state index contributed by atoms with van der Waals surface area (Å²) in [6, 6.07) is 22.0. The number of carbonyl (C=O) groups excluding carboxylic acids is 2. The molecule has 28 heavy (non-hydrogen) atoms. The molecule has 2 amide bonds. The summed E-state index contributed by atoms with van der Waals surface area (Å²) in [6.07, 6.45) is 1.81. The van der Waals surface area contributed by atoms with E-state index in [9.17, 15) is 9.59 Å². The number of benzene rings is 3. The zero-order valence-electron chi connectivity index (χ0n) is 15.7. The first kappa shape index (κ1) is 17.7. The summed E-state index contributed by atoms with van der Waals surface area (Å²) < 4.78 is 5.19. The standard InChI is InChI=1S/C24H19NO3/c1-16-7-11-18(12-8-16)25-23(26)21-6-4-3-5-20(21)22(24(25)27)15-17-9-13-19(28-2)14-10-17/h3-15H,1-2H3/b22-15-. The number of imide groups is 1. The molecule has 4 rings (SSSR count). The van der Waals surface area contributed by atoms with Gasteiger partial charge in [0.1, 0.15) is 5.75 Å². The molecule has 4 heteroatoms. The first-order valence-corrected chi connectivity index (χ1v) is 8.99. The molecule has 0 spiro atoms. The summed E-state index contributed by atoms with van der Waals surface area (Å²) in [7, 11) is 1.61. The van der Waals surface area contributed by atoms with Gasteiger partial charge >= 0.3 is 0 Å². The van der Waals surface area contributed by atoms with Gasteiger partial charge in [-0.25, -0.2) is 4.90 Å². The van der Waals surface area contributed by atoms with Gasteiger partial charge in [0.25, 0.3) is 11.8 Å². The summed E-state index contributed by atoms with van der Waals surface area (Å²) in [5.41, 5.74) is 4.14. The minimum absolute atomic E-state index is 0.309. The van der Waals surface area contributed by atoms with E-state index in [4.69, 9.17) is 4.74 Å². The summed E-state index contributed by atoms with van der Waals surface area (Å²) in [4.78, 5) is 27.6. The van der Waals surface area contributed by atoms with Gasteiger partial charge in [-0.2, -0.15) is 0 Å². The molecule has 0 unspecified atom stereocenters. The van der Waals surface area contributed by atoms with Crippen LogP contribution in [0, 0.1) is 6.92 Å². The third kappa shape index (κ3) is 3.09. The number of carbonyl (C=O) groups is 2. The lowest BCUT2D eigenvalue weighted by molar-refractivity contribution is -0.112. The van der Waals surface area contributed by atoms with Crippen LogP contribution in [-0.2, 0) is 4.79 Å². The third-order valence-corrected chi connectivity index (χ3v) is 4.80. The highest BCUT2D eigenvalue weighted by Crippen LogP contribution is 2.33. The molecule has 0 atom stereocenters. The number of hydrogen-bond donors (Lipinski definition) is 0. The molecular weight excluding hydrogens is 350 g/mol. The van der Waals surface area contributed by atoms with Crippen molar-refractivity contribution in [2.45, 2.75) is 6.92 Å². The second kappa shape index (κ2) is 7.16. The van der Waals surface area contributed by atoms with Crippen LogP contribution < -0.4 is 9.64 Å². The van der Waals surface area contributed by atoms with E-state index in [0.717, 1.165) is 16.9 Å². The molecule has 0 aliphatic carbocycles. The molecule has 0 saturated heterocycles. The Balaban J connectivity index is 1.85. The third-order valence-electron chi connectivity index (χ3n) is 4.80. The zero-order chi connectivity index (χ0) is 19.7. The van der Waals surface area contributed by atoms with Gasteiger partial charge in [0.05, 0.1) is 12.8 Å². The maximum Gasteiger partial charge on any atom is 0.265 e. The Labute approximate surface area is 163 Å². The molecule has 4 nitrogen and oxygen atoms in total. The molecule has 0 N–H and O–H groups in total. The number of anilines is 1. The Kier molecular flexibility index (Phi) is 4.53. The van der Waals surface area contributed by atoms with Gasteiger partial charge in [-0.3, -0.25) is 9.59 Å². The van der Waals surface area contributed by atoms with Crippen LogP contribution in [0.4, 0.5) is 5.69 Å². The highest BCUT2D eigenvalue weighted by Gasteiger charge is 2.35. The van der Waals surface area contributed by atoms with Gasteiger partial charge in [0.15, 0.2) is 0 Å². The van der Waals surface area contributed by atoms with Gasteiger partial charge in [0, 0.05) is 11.1 Å². The first-order chi connectivity index (χ1) is 13.6. The summed E-state index contributed by atoms with van der Waals surface area (Å²) in [5.74, 6) is 0.105. The number of amides is 2. The summed E-state index contributed by atoms with van der Waals surface area (Å²) in [6.45, 7) is 1.97. The number of methoxy groups -OCH3 is 1. The van der Waals surface area contributed by atoms with Crippen LogP contribution in [0.1, 0.15) is 27.0 Å². The molecule has 0 aromatic heterocycles. The lowest BCUT2D eigenvalue weighted by Gasteiger charge is -2.28. The van der Waals surface area contributed by atoms with Crippen molar-refractivity contribution in [1.29, 1.82) is 0 Å². The lowest BCUT2D eigenvalue weighted by atomic mass is 9.91. The number of hydrogen-bond acceptors (Lipinski definition) is 3. The van der Waals surface area contributed by atoms with Crippen molar-refractivity contribution in [2.24, 2.45) is 0 Å². The van der Waals surface area contributed by atoms with Crippen molar-refractivity contribution in [3.63, 3.8) is 0 Å². The van der Waals surface area contributed by atoms with Crippen LogP contribution in [0.25, 0.3) is 11.6 Å². The van der Waals surface area contributed by atoms with E-state index in [2.05, 4.69) is 0 Å². The topological polar surface area (TPSA) is 46.6 Å². The Morgan fingerprint density at radius 2 is 1.43 bits per heavy atom. The second-order valence-corrected chi connectivity index (χ2v) is 6.66. The van der Waals surface area contributed by atoms with Crippen LogP contribution in [0.15, 0.2) is 72.8 Å². The van der Waals surface area contributed by atoms with Gasteiger partial charge in [-0.05, 0) is 54.5 Å². The summed E-state index contributed by atoms with van der Waals surface area (Å²) >= 11 is 0. The van der Waals surface area contributed by atoms with Crippen molar-refractivity contribution in [3.05, 3.63) is 95.1 Å². The SMILES string of the molecule is COc1ccc(/C=C2\C(=O)N(c3ccc(C)cc3)C(=O)c3ccccc32)cc1. The smallest absolute Gasteiger partial charge is 0.265 e. The van der Waals surface area contributed by atoms with Crippen molar-refractivity contribution < 1.29 is 14.3 Å². The van der Waals surface area contributed by atoms with E-state index in [1.54, 1.807) is 25.3 Å². The second-order valence-electron chi connectivity index (χ2n) is 6.66. The van der Waals surface area contributed by atoms with E-state index in [1.807, 2.05) is 67.6 Å². The highest BCUT2D eigenvalue weighted by atomic mass is 16.5. The monoisotopic (exact) mass is 369 g/mol. The van der Waals surface area contributed by atoms with E-state index in [1.165, 1.54) is 4.90 Å². The largest absolute Gasteiger partial charge is 0.497 e. The van der Waals surface area contributed by atoms with Gasteiger partial charge < -0.3 is 4.74 Å². The van der Waals surface area contributed by atoms with E-state index in [-0.39, 0.29) is 11.8 Å². The predicted octanol–water partition coefficient (Wildman–Crippen LogP) is 4.73. The average Bonchev–Trinajstić information content (AvgIpc) is 2.73. The molecule has 0 bridgehead atoms. The fraction of sp³-hybridized carbons (Fsp3) is 0.0833. The van der Waals surface area contributed by atoms with Crippen molar-refractivity contribution >= 4 is 29.2 Å². The molecule has 0 radical (unpaired) electrons. The number of ether oxygens (including phenoxy) is 1. The van der Waals surface area contributed by atoms with Gasteiger partial charge in [-0.15, -0.1) is 0 Å². The molecule has 3 aromatic carbocycles. The van der Waals surface area contributed by atoms with Crippen LogP contribution in [0.3, 0.4) is 0 Å². The fourth-order valence-electron chi connectivity index (χ4n) is 3.29. The minimum Gasteiger partial charge on any atom is -0.497 e. The van der Waals surface area contributed by atoms with Gasteiger partial charge in [-0.1, -0.05) is 48.0 Å². The van der Waals surface area contributed by atoms with Crippen LogP contribution in [0.2, 0.25) is 0 Å². The van der Waals surface area contributed by atoms with E-state index < -0.39 is 0 Å². The number of nitrogens with zero attached hydrogens (tertiary/aromatic N) is 1. The van der Waals surface area contributed by atoms with Crippen LogP contribution >= 0.6 is 0 Å². The van der Waals surface area contributed by atoms with Crippen molar-refractivity contribution in [1.82, 2.24) is 0 Å². The van der Waals surface area contributed by atoms with Crippen LogP contribution in [-0.4, -0.2) is 18.9 Å². The first-order valence-electron chi connectivity index (χ1n) is 8.99. The Hall–Kier alpha value is -3.66.